The average Bonchev–Trinajstić information content (AvgIpc) is 2.76. The van der Waals surface area contributed by atoms with Crippen LogP contribution < -0.4 is 5.73 Å². The van der Waals surface area contributed by atoms with E-state index < -0.39 is 0 Å². The fourth-order valence-electron chi connectivity index (χ4n) is 1.77. The highest BCUT2D eigenvalue weighted by Crippen LogP contribution is 2.21. The first-order valence-electron chi connectivity index (χ1n) is 4.80. The predicted octanol–water partition coefficient (Wildman–Crippen LogP) is 1.57. The number of rotatable bonds is 1. The van der Waals surface area contributed by atoms with Crippen LogP contribution in [0, 0.1) is 0 Å². The first-order chi connectivity index (χ1) is 7.38. The summed E-state index contributed by atoms with van der Waals surface area (Å²) in [6, 6.07) is 6.00. The van der Waals surface area contributed by atoms with Gasteiger partial charge in [0.05, 0.1) is 17.6 Å². The topological polar surface area (TPSA) is 67.6 Å². The second-order valence-corrected chi connectivity index (χ2v) is 3.44. The van der Waals surface area contributed by atoms with Crippen molar-refractivity contribution in [1.29, 1.82) is 0 Å². The molecule has 3 N–H and O–H groups in total. The van der Waals surface area contributed by atoms with Crippen LogP contribution in [0.15, 0.2) is 30.6 Å². The Bertz CT molecular complexity index is 627. The summed E-state index contributed by atoms with van der Waals surface area (Å²) < 4.78 is 0. The lowest BCUT2D eigenvalue weighted by Gasteiger charge is -2.02. The highest BCUT2D eigenvalue weighted by molar-refractivity contribution is 6.03. The van der Waals surface area contributed by atoms with Crippen LogP contribution in [0.4, 0.5) is 0 Å². The molecular formula is C11H10N4. The van der Waals surface area contributed by atoms with Crippen LogP contribution in [0.5, 0.6) is 0 Å². The zero-order valence-electron chi connectivity index (χ0n) is 8.07. The molecule has 74 valence electrons. The second kappa shape index (κ2) is 3.03. The molecule has 0 aliphatic carbocycles. The molecule has 0 spiro atoms. The zero-order chi connectivity index (χ0) is 10.3. The monoisotopic (exact) mass is 198 g/mol. The van der Waals surface area contributed by atoms with Crippen LogP contribution in [-0.2, 0) is 6.54 Å². The lowest BCUT2D eigenvalue weighted by Crippen LogP contribution is -2.02. The van der Waals surface area contributed by atoms with Gasteiger partial charge >= 0.3 is 0 Å². The van der Waals surface area contributed by atoms with Gasteiger partial charge in [-0.2, -0.15) is 0 Å². The standard InChI is InChI=1S/C11H10N4/c12-5-10-14-6-7-1-2-9-8(3-4-13-9)11(7)15-10/h1-4,6H,5,12H2,(H,14,15). The number of nitrogens with two attached hydrogens (primary N) is 1. The number of nitrogens with one attached hydrogen (secondary N) is 1. The molecule has 0 saturated carbocycles. The van der Waals surface area contributed by atoms with E-state index in [1.807, 2.05) is 24.4 Å². The minimum absolute atomic E-state index is 0.417. The van der Waals surface area contributed by atoms with E-state index in [1.54, 1.807) is 6.20 Å². The molecular weight excluding hydrogens is 188 g/mol. The van der Waals surface area contributed by atoms with Crippen LogP contribution in [0.2, 0.25) is 0 Å². The quantitative estimate of drug-likeness (QED) is 0.623. The van der Waals surface area contributed by atoms with Crippen molar-refractivity contribution in [1.82, 2.24) is 15.0 Å². The molecule has 0 aliphatic rings. The van der Waals surface area contributed by atoms with Gasteiger partial charge < -0.3 is 10.7 Å². The largest absolute Gasteiger partial charge is 0.342 e. The van der Waals surface area contributed by atoms with Gasteiger partial charge in [0, 0.05) is 23.2 Å². The third kappa shape index (κ3) is 1.19. The van der Waals surface area contributed by atoms with E-state index in [-0.39, 0.29) is 0 Å². The normalized spacial score (nSPS) is 11.3. The number of nitrogens with zero attached hydrogens (tertiary/aromatic N) is 2. The SMILES string of the molecule is NCc1ncc2ccc3nccc3c2[nH]1. The second-order valence-electron chi connectivity index (χ2n) is 3.44. The van der Waals surface area contributed by atoms with Gasteiger partial charge in [0.25, 0.3) is 0 Å². The maximum absolute atomic E-state index is 5.55. The summed E-state index contributed by atoms with van der Waals surface area (Å²) in [4.78, 5) is 11.7. The Morgan fingerprint density at radius 1 is 1.20 bits per heavy atom. The van der Waals surface area contributed by atoms with Gasteiger partial charge in [-0.25, -0.2) is 4.98 Å². The third-order valence-corrected chi connectivity index (χ3v) is 2.53. The summed E-state index contributed by atoms with van der Waals surface area (Å²) in [5, 5.41) is 2.19. The van der Waals surface area contributed by atoms with E-state index in [1.165, 1.54) is 0 Å². The number of aromatic amines is 1. The molecule has 3 rings (SSSR count). The van der Waals surface area contributed by atoms with Gasteiger partial charge in [-0.15, -0.1) is 0 Å². The Balaban J connectivity index is 2.48. The van der Waals surface area contributed by atoms with Crippen molar-refractivity contribution in [3.05, 3.63) is 36.4 Å². The number of fused-ring (bicyclic) bond motifs is 3. The molecule has 0 unspecified atom stereocenters. The van der Waals surface area contributed by atoms with Gasteiger partial charge in [-0.05, 0) is 18.2 Å². The van der Waals surface area contributed by atoms with E-state index >= 15 is 0 Å². The summed E-state index contributed by atoms with van der Waals surface area (Å²) in [5.41, 5.74) is 7.60. The molecule has 0 bridgehead atoms. The van der Waals surface area contributed by atoms with Crippen LogP contribution in [0.3, 0.4) is 0 Å². The van der Waals surface area contributed by atoms with Crippen molar-refractivity contribution in [3.8, 4) is 0 Å². The fraction of sp³-hybridized carbons (Fsp3) is 0.0909. The minimum Gasteiger partial charge on any atom is -0.342 e. The minimum atomic E-state index is 0.417. The molecule has 2 heterocycles. The average molecular weight is 198 g/mol. The van der Waals surface area contributed by atoms with Crippen LogP contribution in [0.25, 0.3) is 21.8 Å². The van der Waals surface area contributed by atoms with E-state index in [0.29, 0.717) is 6.54 Å². The lowest BCUT2D eigenvalue weighted by molar-refractivity contribution is 0.928. The molecule has 0 radical (unpaired) electrons. The lowest BCUT2D eigenvalue weighted by atomic mass is 10.2. The summed E-state index contributed by atoms with van der Waals surface area (Å²) >= 11 is 0. The Morgan fingerprint density at radius 2 is 2.13 bits per heavy atom. The molecule has 0 saturated heterocycles. The van der Waals surface area contributed by atoms with Gasteiger partial charge in [0.15, 0.2) is 0 Å². The Kier molecular flexibility index (Phi) is 1.69. The molecule has 0 fully saturated rings. The molecule has 2 aromatic heterocycles. The number of benzene rings is 1. The zero-order valence-corrected chi connectivity index (χ0v) is 8.07. The Morgan fingerprint density at radius 3 is 3.00 bits per heavy atom. The maximum atomic E-state index is 5.55. The van der Waals surface area contributed by atoms with Crippen LogP contribution in [0.1, 0.15) is 5.82 Å². The molecule has 3 aromatic rings. The van der Waals surface area contributed by atoms with Crippen molar-refractivity contribution < 1.29 is 0 Å². The van der Waals surface area contributed by atoms with Gasteiger partial charge in [-0.3, -0.25) is 4.98 Å². The van der Waals surface area contributed by atoms with Crippen molar-refractivity contribution in [2.45, 2.75) is 6.54 Å². The number of hydrogen-bond donors (Lipinski definition) is 2. The Hall–Kier alpha value is -1.94. The smallest absolute Gasteiger partial charge is 0.120 e. The molecule has 0 aliphatic heterocycles. The third-order valence-electron chi connectivity index (χ3n) is 2.53. The van der Waals surface area contributed by atoms with Gasteiger partial charge in [0.2, 0.25) is 0 Å². The molecule has 1 aromatic carbocycles. The summed E-state index contributed by atoms with van der Waals surface area (Å²) in [7, 11) is 0. The summed E-state index contributed by atoms with van der Waals surface area (Å²) in [6.07, 6.45) is 3.64. The van der Waals surface area contributed by atoms with Crippen LogP contribution in [-0.4, -0.2) is 15.0 Å². The summed E-state index contributed by atoms with van der Waals surface area (Å²) in [6.45, 7) is 0.417. The molecule has 4 nitrogen and oxygen atoms in total. The first-order valence-corrected chi connectivity index (χ1v) is 4.80. The Labute approximate surface area is 86.1 Å². The molecule has 0 amide bonds. The van der Waals surface area contributed by atoms with Gasteiger partial charge in [0.1, 0.15) is 5.82 Å². The van der Waals surface area contributed by atoms with Crippen LogP contribution >= 0.6 is 0 Å². The van der Waals surface area contributed by atoms with Crippen molar-refractivity contribution >= 4 is 21.8 Å². The number of hydrogen-bond acceptors (Lipinski definition) is 3. The highest BCUT2D eigenvalue weighted by atomic mass is 14.9. The van der Waals surface area contributed by atoms with Crippen molar-refractivity contribution in [2.24, 2.45) is 5.73 Å². The van der Waals surface area contributed by atoms with Crippen molar-refractivity contribution in [3.63, 3.8) is 0 Å². The molecule has 4 heteroatoms. The van der Waals surface area contributed by atoms with E-state index in [4.69, 9.17) is 5.73 Å². The predicted molar refractivity (Wildman–Crippen MR) is 59.3 cm³/mol. The molecule has 0 atom stereocenters. The van der Waals surface area contributed by atoms with E-state index in [9.17, 15) is 0 Å². The van der Waals surface area contributed by atoms with E-state index in [0.717, 1.165) is 27.6 Å². The molecule has 15 heavy (non-hydrogen) atoms. The summed E-state index contributed by atoms with van der Waals surface area (Å²) in [5.74, 6) is 0.788. The first kappa shape index (κ1) is 8.38. The highest BCUT2D eigenvalue weighted by Gasteiger charge is 2.03. The maximum Gasteiger partial charge on any atom is 0.120 e. The number of H-pyrrole nitrogens is 1. The van der Waals surface area contributed by atoms with Crippen molar-refractivity contribution in [2.75, 3.05) is 0 Å². The van der Waals surface area contributed by atoms with Gasteiger partial charge in [-0.1, -0.05) is 0 Å². The fourth-order valence-corrected chi connectivity index (χ4v) is 1.77. The van der Waals surface area contributed by atoms with E-state index in [2.05, 4.69) is 15.0 Å². The number of aromatic nitrogens is 3.